The zero-order valence-corrected chi connectivity index (χ0v) is 9.29. The predicted molar refractivity (Wildman–Crippen MR) is 56.0 cm³/mol. The van der Waals surface area contributed by atoms with Crippen molar-refractivity contribution in [2.45, 2.75) is 13.3 Å². The van der Waals surface area contributed by atoms with Crippen molar-refractivity contribution in [2.24, 2.45) is 4.99 Å². The summed E-state index contributed by atoms with van der Waals surface area (Å²) in [6, 6.07) is 0. The van der Waals surface area contributed by atoms with Crippen LogP contribution < -0.4 is 0 Å². The molecule has 0 saturated carbocycles. The van der Waals surface area contributed by atoms with Crippen LogP contribution in [0.5, 0.6) is 0 Å². The van der Waals surface area contributed by atoms with Crippen LogP contribution in [0.4, 0.5) is 0 Å². The van der Waals surface area contributed by atoms with Crippen molar-refractivity contribution < 1.29 is 14.3 Å². The number of carbonyl (C=O) groups is 2. The SMILES string of the molecule is CCC(=O)C(=O)N=C(Cl)N1CCOCC1. The molecule has 0 bridgehead atoms. The average molecular weight is 233 g/mol. The van der Waals surface area contributed by atoms with Gasteiger partial charge in [0.25, 0.3) is 0 Å². The van der Waals surface area contributed by atoms with Gasteiger partial charge in [-0.25, -0.2) is 0 Å². The average Bonchev–Trinajstić information content (AvgIpc) is 2.29. The number of ether oxygens (including phenoxy) is 1. The first kappa shape index (κ1) is 12.1. The highest BCUT2D eigenvalue weighted by Crippen LogP contribution is 2.03. The number of Topliss-reactive ketones (excluding diaryl/α,β-unsaturated/α-hetero) is 1. The molecule has 6 heteroatoms. The molecule has 0 aromatic rings. The summed E-state index contributed by atoms with van der Waals surface area (Å²) in [6.45, 7) is 3.91. The topological polar surface area (TPSA) is 59.0 Å². The number of hydrogen-bond donors (Lipinski definition) is 0. The molecule has 1 rings (SSSR count). The normalized spacial score (nSPS) is 17.7. The lowest BCUT2D eigenvalue weighted by Crippen LogP contribution is -2.39. The van der Waals surface area contributed by atoms with Crippen LogP contribution in [0.3, 0.4) is 0 Å². The zero-order valence-electron chi connectivity index (χ0n) is 8.53. The van der Waals surface area contributed by atoms with E-state index in [0.717, 1.165) is 0 Å². The van der Waals surface area contributed by atoms with Crippen molar-refractivity contribution in [3.63, 3.8) is 0 Å². The van der Waals surface area contributed by atoms with Gasteiger partial charge in [-0.3, -0.25) is 9.59 Å². The van der Waals surface area contributed by atoms with E-state index in [1.807, 2.05) is 0 Å². The van der Waals surface area contributed by atoms with Crippen molar-refractivity contribution >= 4 is 28.6 Å². The van der Waals surface area contributed by atoms with Crippen LogP contribution in [0.15, 0.2) is 4.99 Å². The van der Waals surface area contributed by atoms with E-state index in [1.54, 1.807) is 11.8 Å². The number of carbonyl (C=O) groups excluding carboxylic acids is 2. The summed E-state index contributed by atoms with van der Waals surface area (Å²) < 4.78 is 5.12. The van der Waals surface area contributed by atoms with Crippen LogP contribution in [0.2, 0.25) is 0 Å². The minimum atomic E-state index is -0.783. The first-order chi connectivity index (χ1) is 7.15. The van der Waals surface area contributed by atoms with Crippen LogP contribution in [0, 0.1) is 0 Å². The number of amidine groups is 1. The van der Waals surface area contributed by atoms with E-state index in [1.165, 1.54) is 0 Å². The summed E-state index contributed by atoms with van der Waals surface area (Å²) in [5.41, 5.74) is 0. The Balaban J connectivity index is 2.57. The second-order valence-corrected chi connectivity index (χ2v) is 3.40. The number of amides is 1. The fourth-order valence-corrected chi connectivity index (χ4v) is 1.36. The Morgan fingerprint density at radius 3 is 2.53 bits per heavy atom. The number of rotatable bonds is 2. The van der Waals surface area contributed by atoms with Gasteiger partial charge < -0.3 is 9.64 Å². The van der Waals surface area contributed by atoms with Crippen molar-refractivity contribution in [3.05, 3.63) is 0 Å². The number of nitrogens with zero attached hydrogens (tertiary/aromatic N) is 2. The van der Waals surface area contributed by atoms with Gasteiger partial charge in [0.15, 0.2) is 0 Å². The molecule has 0 aromatic heterocycles. The fraction of sp³-hybridized carbons (Fsp3) is 0.667. The first-order valence-corrected chi connectivity index (χ1v) is 5.17. The summed E-state index contributed by atoms with van der Waals surface area (Å²) in [5.74, 6) is -1.31. The second-order valence-electron chi connectivity index (χ2n) is 3.06. The van der Waals surface area contributed by atoms with Gasteiger partial charge in [-0.2, -0.15) is 4.99 Å². The van der Waals surface area contributed by atoms with Crippen molar-refractivity contribution in [1.29, 1.82) is 0 Å². The minimum Gasteiger partial charge on any atom is -0.378 e. The number of aliphatic imine (C=N–C) groups is 1. The highest BCUT2D eigenvalue weighted by molar-refractivity contribution is 6.66. The van der Waals surface area contributed by atoms with Gasteiger partial charge in [0.2, 0.25) is 11.1 Å². The van der Waals surface area contributed by atoms with Crippen molar-refractivity contribution in [2.75, 3.05) is 26.3 Å². The van der Waals surface area contributed by atoms with E-state index in [4.69, 9.17) is 16.3 Å². The molecule has 1 aliphatic rings. The van der Waals surface area contributed by atoms with Gasteiger partial charge in [-0.15, -0.1) is 0 Å². The monoisotopic (exact) mass is 232 g/mol. The van der Waals surface area contributed by atoms with Gasteiger partial charge in [-0.1, -0.05) is 6.92 Å². The lowest BCUT2D eigenvalue weighted by Gasteiger charge is -2.26. The van der Waals surface area contributed by atoms with Crippen molar-refractivity contribution in [3.8, 4) is 0 Å². The molecule has 1 amide bonds. The standard InChI is InChI=1S/C9H13ClN2O3/c1-2-7(13)8(14)11-9(10)12-3-5-15-6-4-12/h2-6H2,1H3. The molecule has 0 N–H and O–H groups in total. The lowest BCUT2D eigenvalue weighted by molar-refractivity contribution is -0.135. The van der Waals surface area contributed by atoms with Crippen LogP contribution in [0.1, 0.15) is 13.3 Å². The van der Waals surface area contributed by atoms with Gasteiger partial charge in [0.1, 0.15) is 0 Å². The van der Waals surface area contributed by atoms with Gasteiger partial charge in [-0.05, 0) is 11.6 Å². The summed E-state index contributed by atoms with van der Waals surface area (Å²) >= 11 is 5.80. The Hall–Kier alpha value is -0.940. The smallest absolute Gasteiger partial charge is 0.315 e. The maximum Gasteiger partial charge on any atom is 0.315 e. The fourth-order valence-electron chi connectivity index (χ4n) is 1.12. The highest BCUT2D eigenvalue weighted by atomic mass is 35.5. The van der Waals surface area contributed by atoms with E-state index in [2.05, 4.69) is 4.99 Å². The molecule has 0 spiro atoms. The van der Waals surface area contributed by atoms with E-state index in [9.17, 15) is 9.59 Å². The molecule has 1 saturated heterocycles. The molecule has 5 nitrogen and oxygen atoms in total. The Labute approximate surface area is 93.0 Å². The molecular formula is C9H13ClN2O3. The third-order valence-corrected chi connectivity index (χ3v) is 2.35. The number of hydrogen-bond acceptors (Lipinski definition) is 3. The number of ketones is 1. The quantitative estimate of drug-likeness (QED) is 0.300. The summed E-state index contributed by atoms with van der Waals surface area (Å²) in [4.78, 5) is 27.4. The molecule has 0 radical (unpaired) electrons. The van der Waals surface area contributed by atoms with Gasteiger partial charge in [0, 0.05) is 19.5 Å². The number of halogens is 1. The second kappa shape index (κ2) is 5.82. The number of morpholine rings is 1. The zero-order chi connectivity index (χ0) is 11.3. The Bertz CT molecular complexity index is 285. The first-order valence-electron chi connectivity index (χ1n) is 4.79. The molecule has 0 aliphatic carbocycles. The maximum atomic E-state index is 11.1. The van der Waals surface area contributed by atoms with Crippen LogP contribution >= 0.6 is 11.6 Å². The molecule has 0 atom stereocenters. The van der Waals surface area contributed by atoms with Crippen LogP contribution in [-0.4, -0.2) is 48.2 Å². The van der Waals surface area contributed by atoms with Crippen LogP contribution in [0.25, 0.3) is 0 Å². The Morgan fingerprint density at radius 2 is 2.00 bits per heavy atom. The van der Waals surface area contributed by atoms with Crippen LogP contribution in [-0.2, 0) is 14.3 Å². The Kier molecular flexibility index (Phi) is 4.71. The lowest BCUT2D eigenvalue weighted by atomic mass is 10.3. The molecule has 0 unspecified atom stereocenters. The maximum absolute atomic E-state index is 11.1. The molecule has 15 heavy (non-hydrogen) atoms. The van der Waals surface area contributed by atoms with Gasteiger partial charge in [0.05, 0.1) is 13.2 Å². The molecular weight excluding hydrogens is 220 g/mol. The van der Waals surface area contributed by atoms with E-state index in [0.29, 0.717) is 26.3 Å². The third-order valence-electron chi connectivity index (χ3n) is 2.03. The highest BCUT2D eigenvalue weighted by Gasteiger charge is 2.16. The minimum absolute atomic E-state index is 0.0742. The molecule has 84 valence electrons. The molecule has 1 aliphatic heterocycles. The Morgan fingerprint density at radius 1 is 1.40 bits per heavy atom. The van der Waals surface area contributed by atoms with E-state index >= 15 is 0 Å². The molecule has 1 heterocycles. The van der Waals surface area contributed by atoms with E-state index in [-0.39, 0.29) is 11.7 Å². The molecule has 0 aromatic carbocycles. The molecule has 1 fully saturated rings. The summed E-state index contributed by atoms with van der Waals surface area (Å²) in [5, 5.41) is 0.0742. The summed E-state index contributed by atoms with van der Waals surface area (Å²) in [7, 11) is 0. The van der Waals surface area contributed by atoms with E-state index < -0.39 is 11.7 Å². The van der Waals surface area contributed by atoms with Crippen molar-refractivity contribution in [1.82, 2.24) is 4.90 Å². The third kappa shape index (κ3) is 3.60. The predicted octanol–water partition coefficient (Wildman–Crippen LogP) is 0.419. The summed E-state index contributed by atoms with van der Waals surface area (Å²) in [6.07, 6.45) is 0.148. The largest absolute Gasteiger partial charge is 0.378 e. The van der Waals surface area contributed by atoms with Gasteiger partial charge >= 0.3 is 5.91 Å².